The molecule has 2 aliphatic rings. The first kappa shape index (κ1) is 19.2. The SMILES string of the molecule is O=C(Nc1ccc(Cl)cc1Cl)[C@H]1CCCN1CC(=O)N1CCc2ccccc21. The number of carbonyl (C=O) groups excluding carboxylic acids is 2. The van der Waals surface area contributed by atoms with Crippen molar-refractivity contribution in [2.24, 2.45) is 0 Å². The van der Waals surface area contributed by atoms with Crippen LogP contribution in [0.4, 0.5) is 11.4 Å². The lowest BCUT2D eigenvalue weighted by Gasteiger charge is -2.26. The van der Waals surface area contributed by atoms with E-state index in [1.54, 1.807) is 18.2 Å². The number of nitrogens with one attached hydrogen (secondary N) is 1. The Morgan fingerprint density at radius 2 is 1.93 bits per heavy atom. The van der Waals surface area contributed by atoms with E-state index in [4.69, 9.17) is 23.2 Å². The van der Waals surface area contributed by atoms with Crippen LogP contribution in [0.2, 0.25) is 10.0 Å². The Hall–Kier alpha value is -2.08. The van der Waals surface area contributed by atoms with Crippen molar-refractivity contribution in [2.75, 3.05) is 29.9 Å². The van der Waals surface area contributed by atoms with Gasteiger partial charge in [-0.25, -0.2) is 0 Å². The number of hydrogen-bond donors (Lipinski definition) is 1. The molecule has 2 aliphatic heterocycles. The summed E-state index contributed by atoms with van der Waals surface area (Å²) in [5.41, 5.74) is 2.72. The molecular formula is C21H21Cl2N3O2. The predicted molar refractivity (Wildman–Crippen MR) is 112 cm³/mol. The van der Waals surface area contributed by atoms with Crippen molar-refractivity contribution in [3.63, 3.8) is 0 Å². The van der Waals surface area contributed by atoms with Gasteiger partial charge in [-0.2, -0.15) is 0 Å². The lowest BCUT2D eigenvalue weighted by molar-refractivity contribution is -0.123. The Morgan fingerprint density at radius 1 is 1.11 bits per heavy atom. The zero-order chi connectivity index (χ0) is 19.7. The van der Waals surface area contributed by atoms with Crippen molar-refractivity contribution in [3.8, 4) is 0 Å². The van der Waals surface area contributed by atoms with Crippen molar-refractivity contribution >= 4 is 46.4 Å². The molecule has 5 nitrogen and oxygen atoms in total. The summed E-state index contributed by atoms with van der Waals surface area (Å²) in [6, 6.07) is 12.6. The zero-order valence-corrected chi connectivity index (χ0v) is 16.8. The van der Waals surface area contributed by atoms with Gasteiger partial charge in [-0.05, 0) is 55.6 Å². The number of amides is 2. The molecule has 146 valence electrons. The molecular weight excluding hydrogens is 397 g/mol. The van der Waals surface area contributed by atoms with E-state index >= 15 is 0 Å². The van der Waals surface area contributed by atoms with Gasteiger partial charge in [0.05, 0.1) is 23.3 Å². The molecule has 0 unspecified atom stereocenters. The summed E-state index contributed by atoms with van der Waals surface area (Å²) in [5.74, 6) is -0.106. The molecule has 0 aliphatic carbocycles. The highest BCUT2D eigenvalue weighted by Gasteiger charge is 2.34. The van der Waals surface area contributed by atoms with Crippen molar-refractivity contribution < 1.29 is 9.59 Å². The number of fused-ring (bicyclic) bond motifs is 1. The molecule has 1 N–H and O–H groups in total. The van der Waals surface area contributed by atoms with Crippen molar-refractivity contribution in [2.45, 2.75) is 25.3 Å². The summed E-state index contributed by atoms with van der Waals surface area (Å²) in [4.78, 5) is 29.5. The minimum Gasteiger partial charge on any atom is -0.323 e. The van der Waals surface area contributed by atoms with Crippen LogP contribution in [0.25, 0.3) is 0 Å². The normalized spacial score (nSPS) is 18.9. The van der Waals surface area contributed by atoms with Crippen molar-refractivity contribution in [3.05, 3.63) is 58.1 Å². The Labute approximate surface area is 174 Å². The highest BCUT2D eigenvalue weighted by Crippen LogP contribution is 2.29. The molecule has 7 heteroatoms. The topological polar surface area (TPSA) is 52.7 Å². The number of halogens is 2. The lowest BCUT2D eigenvalue weighted by Crippen LogP contribution is -2.46. The predicted octanol–water partition coefficient (Wildman–Crippen LogP) is 3.99. The average Bonchev–Trinajstić information content (AvgIpc) is 3.30. The van der Waals surface area contributed by atoms with E-state index in [9.17, 15) is 9.59 Å². The summed E-state index contributed by atoms with van der Waals surface area (Å²) in [5, 5.41) is 3.79. The van der Waals surface area contributed by atoms with E-state index in [1.807, 2.05) is 28.0 Å². The smallest absolute Gasteiger partial charge is 0.241 e. The Balaban J connectivity index is 1.42. The molecule has 0 aromatic heterocycles. The number of para-hydroxylation sites is 1. The Bertz CT molecular complexity index is 918. The first-order chi connectivity index (χ1) is 13.5. The molecule has 2 heterocycles. The number of hydrogen-bond acceptors (Lipinski definition) is 3. The number of benzene rings is 2. The Kier molecular flexibility index (Phi) is 5.58. The van der Waals surface area contributed by atoms with Crippen LogP contribution in [0, 0.1) is 0 Å². The van der Waals surface area contributed by atoms with Gasteiger partial charge in [0, 0.05) is 17.3 Å². The molecule has 2 aromatic rings. The molecule has 0 spiro atoms. The maximum atomic E-state index is 12.9. The van der Waals surface area contributed by atoms with E-state index in [-0.39, 0.29) is 24.4 Å². The number of anilines is 2. The van der Waals surface area contributed by atoms with Gasteiger partial charge in [0.15, 0.2) is 0 Å². The van der Waals surface area contributed by atoms with Gasteiger partial charge in [-0.15, -0.1) is 0 Å². The Morgan fingerprint density at radius 3 is 2.75 bits per heavy atom. The highest BCUT2D eigenvalue weighted by molar-refractivity contribution is 6.36. The number of nitrogens with zero attached hydrogens (tertiary/aromatic N) is 2. The third-order valence-corrected chi connectivity index (χ3v) is 5.93. The third kappa shape index (κ3) is 3.88. The second kappa shape index (κ2) is 8.11. The van der Waals surface area contributed by atoms with Gasteiger partial charge in [0.1, 0.15) is 0 Å². The van der Waals surface area contributed by atoms with E-state index < -0.39 is 0 Å². The minimum absolute atomic E-state index is 0.0363. The fourth-order valence-electron chi connectivity index (χ4n) is 3.98. The lowest BCUT2D eigenvalue weighted by atomic mass is 10.2. The molecule has 2 amide bonds. The molecule has 2 aromatic carbocycles. The maximum Gasteiger partial charge on any atom is 0.241 e. The molecule has 0 bridgehead atoms. The van der Waals surface area contributed by atoms with Crippen LogP contribution >= 0.6 is 23.2 Å². The van der Waals surface area contributed by atoms with Gasteiger partial charge in [-0.1, -0.05) is 41.4 Å². The van der Waals surface area contributed by atoms with E-state index in [2.05, 4.69) is 11.4 Å². The summed E-state index contributed by atoms with van der Waals surface area (Å²) < 4.78 is 0. The second-order valence-electron chi connectivity index (χ2n) is 7.17. The van der Waals surface area contributed by atoms with E-state index in [0.29, 0.717) is 22.3 Å². The number of carbonyl (C=O) groups is 2. The van der Waals surface area contributed by atoms with Gasteiger partial charge in [-0.3, -0.25) is 14.5 Å². The van der Waals surface area contributed by atoms with Gasteiger partial charge < -0.3 is 10.2 Å². The number of rotatable bonds is 4. The van der Waals surface area contributed by atoms with Crippen molar-refractivity contribution in [1.82, 2.24) is 4.90 Å². The average molecular weight is 418 g/mol. The van der Waals surface area contributed by atoms with Gasteiger partial charge in [0.25, 0.3) is 0 Å². The maximum absolute atomic E-state index is 12.9. The quantitative estimate of drug-likeness (QED) is 0.817. The molecule has 4 rings (SSSR count). The summed E-state index contributed by atoms with van der Waals surface area (Å²) in [7, 11) is 0. The molecule has 1 fully saturated rings. The van der Waals surface area contributed by atoms with Crippen LogP contribution in [0.15, 0.2) is 42.5 Å². The molecule has 1 saturated heterocycles. The molecule has 0 saturated carbocycles. The molecule has 28 heavy (non-hydrogen) atoms. The first-order valence-corrected chi connectivity index (χ1v) is 10.2. The van der Waals surface area contributed by atoms with Gasteiger partial charge in [0.2, 0.25) is 11.8 Å². The monoisotopic (exact) mass is 417 g/mol. The molecule has 0 radical (unpaired) electrons. The largest absolute Gasteiger partial charge is 0.323 e. The summed E-state index contributed by atoms with van der Waals surface area (Å²) >= 11 is 12.1. The fraction of sp³-hybridized carbons (Fsp3) is 0.333. The van der Waals surface area contributed by atoms with Crippen LogP contribution in [-0.2, 0) is 16.0 Å². The first-order valence-electron chi connectivity index (χ1n) is 9.41. The van der Waals surface area contributed by atoms with Crippen LogP contribution in [0.1, 0.15) is 18.4 Å². The van der Waals surface area contributed by atoms with Crippen LogP contribution in [0.3, 0.4) is 0 Å². The third-order valence-electron chi connectivity index (χ3n) is 5.38. The van der Waals surface area contributed by atoms with E-state index in [1.165, 1.54) is 5.56 Å². The highest BCUT2D eigenvalue weighted by atomic mass is 35.5. The fourth-order valence-corrected chi connectivity index (χ4v) is 4.43. The second-order valence-corrected chi connectivity index (χ2v) is 8.01. The zero-order valence-electron chi connectivity index (χ0n) is 15.3. The van der Waals surface area contributed by atoms with Crippen molar-refractivity contribution in [1.29, 1.82) is 0 Å². The van der Waals surface area contributed by atoms with Gasteiger partial charge >= 0.3 is 0 Å². The van der Waals surface area contributed by atoms with Crippen LogP contribution < -0.4 is 10.2 Å². The van der Waals surface area contributed by atoms with Crippen LogP contribution in [-0.4, -0.2) is 42.4 Å². The van der Waals surface area contributed by atoms with E-state index in [0.717, 1.165) is 31.5 Å². The molecule has 1 atom stereocenters. The minimum atomic E-state index is -0.339. The summed E-state index contributed by atoms with van der Waals surface area (Å²) in [6.07, 6.45) is 2.48. The standard InChI is InChI=1S/C21H21Cl2N3O2/c22-15-7-8-17(16(23)12-15)24-21(28)19-6-3-10-25(19)13-20(27)26-11-9-14-4-1-2-5-18(14)26/h1-2,4-5,7-8,12,19H,3,6,9-11,13H2,(H,24,28)/t19-/m1/s1. The summed E-state index contributed by atoms with van der Waals surface area (Å²) in [6.45, 7) is 1.66. The number of likely N-dealkylation sites (tertiary alicyclic amines) is 1. The van der Waals surface area contributed by atoms with Crippen LogP contribution in [0.5, 0.6) is 0 Å².